The van der Waals surface area contributed by atoms with Gasteiger partial charge >= 0.3 is 0 Å². The first-order valence-electron chi connectivity index (χ1n) is 6.57. The molecule has 1 saturated heterocycles. The van der Waals surface area contributed by atoms with Crippen LogP contribution >= 0.6 is 11.6 Å². The Hall–Kier alpha value is -0.570. The summed E-state index contributed by atoms with van der Waals surface area (Å²) in [5, 5.41) is 4.50. The molecule has 1 aromatic rings. The number of nitrogens with one attached hydrogen (secondary N) is 1. The van der Waals surface area contributed by atoms with Crippen LogP contribution in [0.4, 0.5) is 0 Å². The molecule has 2 aliphatic heterocycles. The maximum atomic E-state index is 6.06. The SMILES string of the molecule is Clc1ccc2c(c1)CCNC2CN1CCCC1. The number of hydrogen-bond donors (Lipinski definition) is 1. The molecule has 1 fully saturated rings. The van der Waals surface area contributed by atoms with E-state index < -0.39 is 0 Å². The lowest BCUT2D eigenvalue weighted by atomic mass is 9.94. The van der Waals surface area contributed by atoms with Crippen LogP contribution in [0, 0.1) is 0 Å². The van der Waals surface area contributed by atoms with E-state index in [2.05, 4.69) is 22.3 Å². The number of benzene rings is 1. The number of likely N-dealkylation sites (tertiary alicyclic amines) is 1. The Morgan fingerprint density at radius 1 is 1.29 bits per heavy atom. The van der Waals surface area contributed by atoms with Crippen molar-refractivity contribution in [1.82, 2.24) is 10.2 Å². The first kappa shape index (κ1) is 11.5. The quantitative estimate of drug-likeness (QED) is 0.868. The smallest absolute Gasteiger partial charge is 0.0452 e. The van der Waals surface area contributed by atoms with Gasteiger partial charge in [0.05, 0.1) is 0 Å². The molecular weight excluding hydrogens is 232 g/mol. The topological polar surface area (TPSA) is 15.3 Å². The van der Waals surface area contributed by atoms with Gasteiger partial charge in [0.25, 0.3) is 0 Å². The van der Waals surface area contributed by atoms with E-state index in [0.29, 0.717) is 6.04 Å². The van der Waals surface area contributed by atoms with E-state index >= 15 is 0 Å². The van der Waals surface area contributed by atoms with E-state index in [9.17, 15) is 0 Å². The fraction of sp³-hybridized carbons (Fsp3) is 0.571. The molecule has 0 aliphatic carbocycles. The largest absolute Gasteiger partial charge is 0.309 e. The van der Waals surface area contributed by atoms with Crippen molar-refractivity contribution in [3.8, 4) is 0 Å². The molecule has 2 nitrogen and oxygen atoms in total. The van der Waals surface area contributed by atoms with Crippen LogP contribution in [0.25, 0.3) is 0 Å². The van der Waals surface area contributed by atoms with Gasteiger partial charge in [-0.05, 0) is 62.2 Å². The fourth-order valence-electron chi connectivity index (χ4n) is 3.01. The molecule has 0 aromatic heterocycles. The maximum Gasteiger partial charge on any atom is 0.0452 e. The molecule has 0 bridgehead atoms. The Morgan fingerprint density at radius 2 is 2.12 bits per heavy atom. The van der Waals surface area contributed by atoms with Gasteiger partial charge in [0.2, 0.25) is 0 Å². The van der Waals surface area contributed by atoms with Crippen LogP contribution in [0.3, 0.4) is 0 Å². The van der Waals surface area contributed by atoms with Gasteiger partial charge in [-0.25, -0.2) is 0 Å². The Bertz CT molecular complexity index is 399. The highest BCUT2D eigenvalue weighted by Crippen LogP contribution is 2.27. The van der Waals surface area contributed by atoms with Crippen molar-refractivity contribution in [3.63, 3.8) is 0 Å². The monoisotopic (exact) mass is 250 g/mol. The second-order valence-electron chi connectivity index (χ2n) is 5.11. The van der Waals surface area contributed by atoms with E-state index in [4.69, 9.17) is 11.6 Å². The molecular formula is C14H19ClN2. The van der Waals surface area contributed by atoms with Gasteiger partial charge in [-0.1, -0.05) is 17.7 Å². The summed E-state index contributed by atoms with van der Waals surface area (Å²) < 4.78 is 0. The van der Waals surface area contributed by atoms with Crippen LogP contribution in [0.1, 0.15) is 30.0 Å². The molecule has 0 spiro atoms. The molecule has 17 heavy (non-hydrogen) atoms. The summed E-state index contributed by atoms with van der Waals surface area (Å²) in [4.78, 5) is 2.57. The molecule has 1 atom stereocenters. The molecule has 3 heteroatoms. The molecule has 1 N–H and O–H groups in total. The predicted octanol–water partition coefficient (Wildman–Crippen LogP) is 2.62. The number of halogens is 1. The van der Waals surface area contributed by atoms with Crippen molar-refractivity contribution in [2.24, 2.45) is 0 Å². The second-order valence-corrected chi connectivity index (χ2v) is 5.54. The molecule has 0 amide bonds. The van der Waals surface area contributed by atoms with E-state index in [0.717, 1.165) is 24.5 Å². The van der Waals surface area contributed by atoms with Crippen LogP contribution in [0.15, 0.2) is 18.2 Å². The molecule has 3 rings (SSSR count). The average Bonchev–Trinajstić information content (AvgIpc) is 2.82. The number of nitrogens with zero attached hydrogens (tertiary/aromatic N) is 1. The van der Waals surface area contributed by atoms with Crippen LogP contribution in [0.2, 0.25) is 5.02 Å². The van der Waals surface area contributed by atoms with Gasteiger partial charge in [0, 0.05) is 17.6 Å². The number of fused-ring (bicyclic) bond motifs is 1. The van der Waals surface area contributed by atoms with Gasteiger partial charge in [-0.15, -0.1) is 0 Å². The summed E-state index contributed by atoms with van der Waals surface area (Å²) in [5.41, 5.74) is 2.88. The molecule has 2 heterocycles. The van der Waals surface area contributed by atoms with Gasteiger partial charge in [-0.3, -0.25) is 0 Å². The van der Waals surface area contributed by atoms with Gasteiger partial charge in [0.15, 0.2) is 0 Å². The van der Waals surface area contributed by atoms with Crippen molar-refractivity contribution >= 4 is 11.6 Å². The minimum atomic E-state index is 0.495. The standard InChI is InChI=1S/C14H19ClN2/c15-12-3-4-13-11(9-12)5-6-16-14(13)10-17-7-1-2-8-17/h3-4,9,14,16H,1-2,5-8,10H2. The highest BCUT2D eigenvalue weighted by Gasteiger charge is 2.23. The van der Waals surface area contributed by atoms with E-state index in [-0.39, 0.29) is 0 Å². The summed E-state index contributed by atoms with van der Waals surface area (Å²) in [7, 11) is 0. The summed E-state index contributed by atoms with van der Waals surface area (Å²) in [6.45, 7) is 4.75. The molecule has 0 saturated carbocycles. The second kappa shape index (κ2) is 4.97. The predicted molar refractivity (Wildman–Crippen MR) is 71.6 cm³/mol. The Balaban J connectivity index is 1.78. The van der Waals surface area contributed by atoms with Crippen molar-refractivity contribution in [2.75, 3.05) is 26.2 Å². The molecule has 1 unspecified atom stereocenters. The van der Waals surface area contributed by atoms with E-state index in [1.807, 2.05) is 6.07 Å². The zero-order valence-corrected chi connectivity index (χ0v) is 10.8. The lowest BCUT2D eigenvalue weighted by Gasteiger charge is -2.30. The Labute approximate surface area is 108 Å². The van der Waals surface area contributed by atoms with Crippen LogP contribution < -0.4 is 5.32 Å². The summed E-state index contributed by atoms with van der Waals surface area (Å²) in [5.74, 6) is 0. The van der Waals surface area contributed by atoms with E-state index in [1.165, 1.54) is 37.1 Å². The average molecular weight is 251 g/mol. The minimum absolute atomic E-state index is 0.495. The first-order chi connectivity index (χ1) is 8.33. The molecule has 0 radical (unpaired) electrons. The highest BCUT2D eigenvalue weighted by molar-refractivity contribution is 6.30. The van der Waals surface area contributed by atoms with Gasteiger partial charge in [0.1, 0.15) is 0 Å². The Kier molecular flexibility index (Phi) is 3.37. The van der Waals surface area contributed by atoms with E-state index in [1.54, 1.807) is 0 Å². The normalized spacial score (nSPS) is 24.9. The van der Waals surface area contributed by atoms with Crippen molar-refractivity contribution in [1.29, 1.82) is 0 Å². The van der Waals surface area contributed by atoms with Gasteiger partial charge in [-0.2, -0.15) is 0 Å². The third-order valence-electron chi connectivity index (χ3n) is 3.90. The summed E-state index contributed by atoms with van der Waals surface area (Å²) in [6.07, 6.45) is 3.83. The van der Waals surface area contributed by atoms with Gasteiger partial charge < -0.3 is 10.2 Å². The van der Waals surface area contributed by atoms with Crippen molar-refractivity contribution in [3.05, 3.63) is 34.3 Å². The summed E-state index contributed by atoms with van der Waals surface area (Å²) in [6, 6.07) is 6.85. The lowest BCUT2D eigenvalue weighted by molar-refractivity contribution is 0.287. The first-order valence-corrected chi connectivity index (χ1v) is 6.95. The molecule has 2 aliphatic rings. The summed E-state index contributed by atoms with van der Waals surface area (Å²) >= 11 is 6.06. The molecule has 92 valence electrons. The number of rotatable bonds is 2. The lowest BCUT2D eigenvalue weighted by Crippen LogP contribution is -2.38. The zero-order chi connectivity index (χ0) is 11.7. The number of hydrogen-bond acceptors (Lipinski definition) is 2. The molecule has 1 aromatic carbocycles. The maximum absolute atomic E-state index is 6.06. The van der Waals surface area contributed by atoms with Crippen LogP contribution in [0.5, 0.6) is 0 Å². The fourth-order valence-corrected chi connectivity index (χ4v) is 3.20. The Morgan fingerprint density at radius 3 is 2.94 bits per heavy atom. The third-order valence-corrected chi connectivity index (χ3v) is 4.14. The minimum Gasteiger partial charge on any atom is -0.309 e. The van der Waals surface area contributed by atoms with Crippen molar-refractivity contribution < 1.29 is 0 Å². The van der Waals surface area contributed by atoms with Crippen molar-refractivity contribution in [2.45, 2.75) is 25.3 Å². The van der Waals surface area contributed by atoms with Crippen LogP contribution in [-0.2, 0) is 6.42 Å². The zero-order valence-electron chi connectivity index (χ0n) is 10.1. The van der Waals surface area contributed by atoms with Crippen LogP contribution in [-0.4, -0.2) is 31.1 Å². The third kappa shape index (κ3) is 2.49. The highest BCUT2D eigenvalue weighted by atomic mass is 35.5.